The molecule has 16 nitrogen and oxygen atoms in total. The van der Waals surface area contributed by atoms with Gasteiger partial charge in [0.1, 0.15) is 23.3 Å². The van der Waals surface area contributed by atoms with Crippen molar-refractivity contribution in [2.45, 2.75) is 117 Å². The van der Waals surface area contributed by atoms with Crippen molar-refractivity contribution in [2.75, 3.05) is 0 Å². The summed E-state index contributed by atoms with van der Waals surface area (Å²) in [7, 11) is 0. The first-order chi connectivity index (χ1) is 18.9. The molecule has 5 amide bonds. The first-order valence-electron chi connectivity index (χ1n) is 13.1. The number of alkyl carbamates (subject to hydrolysis) is 2. The SMILES string of the molecule is CCC(=O)N(C=O)OC(=O)C(CCCC(NC(=O)OC(C)(C)C)C(=O)ON1C(=O)CCC1O)NC(=O)OC(C)(C)C. The molecule has 0 radical (unpaired) electrons. The number of rotatable bonds is 11. The highest BCUT2D eigenvalue weighted by Crippen LogP contribution is 2.19. The summed E-state index contributed by atoms with van der Waals surface area (Å²) in [5.74, 6) is -3.71. The van der Waals surface area contributed by atoms with Crippen LogP contribution in [0.5, 0.6) is 0 Å². The molecule has 1 fully saturated rings. The normalized spacial score (nSPS) is 16.6. The molecular weight excluding hydrogens is 548 g/mol. The van der Waals surface area contributed by atoms with Crippen LogP contribution in [0.25, 0.3) is 0 Å². The molecule has 1 rings (SSSR count). The van der Waals surface area contributed by atoms with E-state index >= 15 is 0 Å². The molecule has 0 aromatic heterocycles. The van der Waals surface area contributed by atoms with Gasteiger partial charge in [0, 0.05) is 19.3 Å². The minimum atomic E-state index is -1.45. The van der Waals surface area contributed by atoms with Gasteiger partial charge in [0.15, 0.2) is 6.23 Å². The second-order valence-electron chi connectivity index (χ2n) is 11.1. The van der Waals surface area contributed by atoms with Crippen LogP contribution in [-0.2, 0) is 43.1 Å². The third kappa shape index (κ3) is 12.8. The molecule has 3 N–H and O–H groups in total. The third-order valence-electron chi connectivity index (χ3n) is 5.09. The van der Waals surface area contributed by atoms with Crippen LogP contribution >= 0.6 is 0 Å². The molecule has 0 bridgehead atoms. The second kappa shape index (κ2) is 15.2. The Morgan fingerprint density at radius 1 is 0.976 bits per heavy atom. The number of imide groups is 1. The van der Waals surface area contributed by atoms with Crippen molar-refractivity contribution in [1.29, 1.82) is 0 Å². The average Bonchev–Trinajstić information content (AvgIpc) is 3.15. The summed E-state index contributed by atoms with van der Waals surface area (Å²) in [4.78, 5) is 95.2. The molecule has 0 aliphatic carbocycles. The summed E-state index contributed by atoms with van der Waals surface area (Å²) >= 11 is 0. The van der Waals surface area contributed by atoms with Crippen LogP contribution in [0.4, 0.5) is 9.59 Å². The number of carbonyl (C=O) groups excluding carboxylic acids is 7. The van der Waals surface area contributed by atoms with E-state index < -0.39 is 65.5 Å². The van der Waals surface area contributed by atoms with Crippen molar-refractivity contribution in [1.82, 2.24) is 20.8 Å². The topological polar surface area (TPSA) is 207 Å². The lowest BCUT2D eigenvalue weighted by Crippen LogP contribution is -2.48. The Hall–Kier alpha value is -3.95. The number of nitrogens with zero attached hydrogens (tertiary/aromatic N) is 2. The van der Waals surface area contributed by atoms with Crippen LogP contribution in [0.2, 0.25) is 0 Å². The van der Waals surface area contributed by atoms with E-state index in [9.17, 15) is 38.7 Å². The largest absolute Gasteiger partial charge is 0.444 e. The van der Waals surface area contributed by atoms with E-state index in [2.05, 4.69) is 10.6 Å². The summed E-state index contributed by atoms with van der Waals surface area (Å²) in [5, 5.41) is 15.2. The standard InChI is InChI=1S/C25H40N4O12/c1-8-17(31)28(14-30)40-20(34)15(26-22(36)38-24(2,3)4)10-9-11-16(27-23(37)39-25(5,6)7)21(35)41-29-18(32)12-13-19(29)33/h14-16,18,32H,8-13H2,1-7H3,(H,26,36)(H,27,37). The molecule has 3 unspecified atom stereocenters. The number of hydrogen-bond donors (Lipinski definition) is 3. The minimum Gasteiger partial charge on any atom is -0.444 e. The van der Waals surface area contributed by atoms with Gasteiger partial charge in [-0.05, 0) is 60.8 Å². The molecule has 232 valence electrons. The molecule has 16 heteroatoms. The highest BCUT2D eigenvalue weighted by molar-refractivity contribution is 5.88. The molecule has 0 spiro atoms. The summed E-state index contributed by atoms with van der Waals surface area (Å²) in [6, 6.07) is -2.85. The van der Waals surface area contributed by atoms with Crippen LogP contribution in [-0.4, -0.2) is 87.1 Å². The second-order valence-corrected chi connectivity index (χ2v) is 11.1. The molecule has 0 aromatic carbocycles. The van der Waals surface area contributed by atoms with Crippen LogP contribution in [0.1, 0.15) is 87.0 Å². The van der Waals surface area contributed by atoms with Crippen LogP contribution in [0, 0.1) is 0 Å². The Kier molecular flexibility index (Phi) is 13.0. The number of ether oxygens (including phenoxy) is 2. The molecule has 1 heterocycles. The summed E-state index contributed by atoms with van der Waals surface area (Å²) in [6.07, 6.45) is -3.92. The van der Waals surface area contributed by atoms with E-state index in [4.69, 9.17) is 19.1 Å². The van der Waals surface area contributed by atoms with Gasteiger partial charge in [0.05, 0.1) is 0 Å². The fourth-order valence-corrected chi connectivity index (χ4v) is 3.29. The van der Waals surface area contributed by atoms with E-state index in [-0.39, 0.29) is 50.0 Å². The van der Waals surface area contributed by atoms with Gasteiger partial charge >= 0.3 is 24.1 Å². The number of carbonyl (C=O) groups is 7. The number of amides is 5. The smallest absolute Gasteiger partial charge is 0.408 e. The van der Waals surface area contributed by atoms with Crippen molar-refractivity contribution >= 4 is 42.3 Å². The first-order valence-corrected chi connectivity index (χ1v) is 13.1. The highest BCUT2D eigenvalue weighted by Gasteiger charge is 2.36. The minimum absolute atomic E-state index is 0.000864. The number of aliphatic hydroxyl groups excluding tert-OH is 1. The van der Waals surface area contributed by atoms with E-state index in [1.165, 1.54) is 6.92 Å². The molecule has 1 aliphatic heterocycles. The lowest BCUT2D eigenvalue weighted by molar-refractivity contribution is -0.222. The Morgan fingerprint density at radius 3 is 1.85 bits per heavy atom. The van der Waals surface area contributed by atoms with Crippen molar-refractivity contribution in [3.05, 3.63) is 0 Å². The van der Waals surface area contributed by atoms with Crippen molar-refractivity contribution < 1.29 is 57.8 Å². The predicted octanol–water partition coefficient (Wildman–Crippen LogP) is 1.20. The Morgan fingerprint density at radius 2 is 1.46 bits per heavy atom. The van der Waals surface area contributed by atoms with E-state index in [0.717, 1.165) is 0 Å². The van der Waals surface area contributed by atoms with Gasteiger partial charge in [-0.2, -0.15) is 0 Å². The Labute approximate surface area is 237 Å². The van der Waals surface area contributed by atoms with Gasteiger partial charge in [0.2, 0.25) is 0 Å². The van der Waals surface area contributed by atoms with Crippen molar-refractivity contribution in [3.63, 3.8) is 0 Å². The van der Waals surface area contributed by atoms with Gasteiger partial charge < -0.3 is 34.9 Å². The number of hydrogen-bond acceptors (Lipinski definition) is 12. The maximum absolute atomic E-state index is 12.9. The Balaban J connectivity index is 3.06. The van der Waals surface area contributed by atoms with Gasteiger partial charge in [0.25, 0.3) is 18.2 Å². The number of nitrogens with one attached hydrogen (secondary N) is 2. The van der Waals surface area contributed by atoms with E-state index in [1.807, 2.05) is 0 Å². The quantitative estimate of drug-likeness (QED) is 0.230. The lowest BCUT2D eigenvalue weighted by atomic mass is 10.1. The van der Waals surface area contributed by atoms with E-state index in [1.54, 1.807) is 41.5 Å². The molecular formula is C25H40N4O12. The average molecular weight is 589 g/mol. The van der Waals surface area contributed by atoms with Crippen LogP contribution in [0.3, 0.4) is 0 Å². The molecule has 1 aliphatic rings. The zero-order valence-corrected chi connectivity index (χ0v) is 24.4. The van der Waals surface area contributed by atoms with Gasteiger partial charge in [-0.25, -0.2) is 19.2 Å². The monoisotopic (exact) mass is 588 g/mol. The summed E-state index contributed by atoms with van der Waals surface area (Å²) in [6.45, 7) is 11.0. The Bertz CT molecular complexity index is 988. The van der Waals surface area contributed by atoms with Gasteiger partial charge in [-0.3, -0.25) is 14.4 Å². The molecule has 0 saturated carbocycles. The number of aliphatic hydroxyl groups is 1. The lowest BCUT2D eigenvalue weighted by Gasteiger charge is -2.26. The maximum atomic E-state index is 12.9. The molecule has 3 atom stereocenters. The predicted molar refractivity (Wildman–Crippen MR) is 138 cm³/mol. The van der Waals surface area contributed by atoms with Crippen LogP contribution < -0.4 is 10.6 Å². The third-order valence-corrected chi connectivity index (χ3v) is 5.09. The first kappa shape index (κ1) is 35.1. The fraction of sp³-hybridized carbons (Fsp3) is 0.720. The summed E-state index contributed by atoms with van der Waals surface area (Å²) in [5.41, 5.74) is -1.83. The van der Waals surface area contributed by atoms with E-state index in [0.29, 0.717) is 5.06 Å². The molecule has 41 heavy (non-hydrogen) atoms. The fourth-order valence-electron chi connectivity index (χ4n) is 3.29. The molecule has 0 aromatic rings. The van der Waals surface area contributed by atoms with Gasteiger partial charge in [-0.15, -0.1) is 10.1 Å². The highest BCUT2D eigenvalue weighted by atomic mass is 16.7. The van der Waals surface area contributed by atoms with Gasteiger partial charge in [-0.1, -0.05) is 6.92 Å². The molecule has 1 saturated heterocycles. The maximum Gasteiger partial charge on any atom is 0.408 e. The number of hydroxylamine groups is 4. The summed E-state index contributed by atoms with van der Waals surface area (Å²) < 4.78 is 10.3. The van der Waals surface area contributed by atoms with Crippen molar-refractivity contribution in [3.8, 4) is 0 Å². The zero-order valence-electron chi connectivity index (χ0n) is 24.4. The van der Waals surface area contributed by atoms with Crippen molar-refractivity contribution in [2.24, 2.45) is 0 Å². The zero-order chi connectivity index (χ0) is 31.5. The van der Waals surface area contributed by atoms with Crippen LogP contribution in [0.15, 0.2) is 0 Å².